The van der Waals surface area contributed by atoms with Gasteiger partial charge >= 0.3 is 0 Å². The molecule has 2 aromatic rings. The van der Waals surface area contributed by atoms with Gasteiger partial charge in [-0.25, -0.2) is 5.43 Å². The molecule has 0 saturated carbocycles. The van der Waals surface area contributed by atoms with E-state index in [2.05, 4.69) is 10.5 Å². The number of carbonyl (C=O) groups is 1. The highest BCUT2D eigenvalue weighted by atomic mass is 16.5. The van der Waals surface area contributed by atoms with E-state index in [1.807, 2.05) is 13.8 Å². The lowest BCUT2D eigenvalue weighted by Crippen LogP contribution is -2.19. The third kappa shape index (κ3) is 4.35. The number of nitrogens with one attached hydrogen (secondary N) is 1. The molecule has 0 atom stereocenters. The molecule has 0 unspecified atom stereocenters. The highest BCUT2D eigenvalue weighted by Gasteiger charge is 2.12. The fraction of sp³-hybridized carbons (Fsp3) is 0.294. The zero-order valence-corrected chi connectivity index (χ0v) is 13.6. The summed E-state index contributed by atoms with van der Waals surface area (Å²) >= 11 is 0. The van der Waals surface area contributed by atoms with Gasteiger partial charge in [0.25, 0.3) is 5.91 Å². The lowest BCUT2D eigenvalue weighted by atomic mass is 10.2. The molecular formula is C17H20N2O4. The van der Waals surface area contributed by atoms with Crippen molar-refractivity contribution < 1.29 is 18.7 Å². The summed E-state index contributed by atoms with van der Waals surface area (Å²) in [6, 6.07) is 8.51. The van der Waals surface area contributed by atoms with Gasteiger partial charge in [0.05, 0.1) is 19.5 Å². The molecule has 2 rings (SSSR count). The van der Waals surface area contributed by atoms with Gasteiger partial charge in [0.15, 0.2) is 11.5 Å². The number of hydrazone groups is 1. The monoisotopic (exact) mass is 316 g/mol. The number of methoxy groups -OCH3 is 1. The molecule has 0 aliphatic rings. The van der Waals surface area contributed by atoms with Crippen molar-refractivity contribution in [3.8, 4) is 11.5 Å². The van der Waals surface area contributed by atoms with Crippen LogP contribution in [0.5, 0.6) is 11.5 Å². The van der Waals surface area contributed by atoms with Crippen LogP contribution < -0.4 is 14.9 Å². The molecule has 0 fully saturated rings. The predicted octanol–water partition coefficient (Wildman–Crippen LogP) is 3.23. The Kier molecular flexibility index (Phi) is 5.41. The van der Waals surface area contributed by atoms with Gasteiger partial charge in [-0.3, -0.25) is 4.79 Å². The van der Waals surface area contributed by atoms with Gasteiger partial charge in [-0.1, -0.05) is 0 Å². The molecule has 122 valence electrons. The van der Waals surface area contributed by atoms with Crippen LogP contribution >= 0.6 is 0 Å². The molecule has 0 saturated heterocycles. The molecule has 0 bridgehead atoms. The van der Waals surface area contributed by atoms with Crippen molar-refractivity contribution >= 4 is 11.6 Å². The van der Waals surface area contributed by atoms with Crippen LogP contribution in [-0.4, -0.2) is 24.8 Å². The van der Waals surface area contributed by atoms with E-state index in [1.54, 1.807) is 43.5 Å². The quantitative estimate of drug-likeness (QED) is 0.656. The summed E-state index contributed by atoms with van der Waals surface area (Å²) in [7, 11) is 1.53. The minimum atomic E-state index is -0.342. The summed E-state index contributed by atoms with van der Waals surface area (Å²) in [4.78, 5) is 12.2. The first-order chi connectivity index (χ1) is 11.0. The van der Waals surface area contributed by atoms with Gasteiger partial charge in [-0.2, -0.15) is 5.10 Å². The van der Waals surface area contributed by atoms with Crippen molar-refractivity contribution in [3.05, 3.63) is 47.9 Å². The zero-order chi connectivity index (χ0) is 16.8. The van der Waals surface area contributed by atoms with Gasteiger partial charge in [0, 0.05) is 5.56 Å². The fourth-order valence-corrected chi connectivity index (χ4v) is 1.90. The van der Waals surface area contributed by atoms with Gasteiger partial charge in [0.1, 0.15) is 11.5 Å². The third-order valence-corrected chi connectivity index (χ3v) is 2.99. The molecule has 1 aromatic carbocycles. The number of benzene rings is 1. The molecule has 1 heterocycles. The number of amides is 1. The second-order valence-corrected chi connectivity index (χ2v) is 5.15. The molecule has 1 aromatic heterocycles. The van der Waals surface area contributed by atoms with Gasteiger partial charge < -0.3 is 13.9 Å². The van der Waals surface area contributed by atoms with Crippen molar-refractivity contribution in [2.24, 2.45) is 5.10 Å². The predicted molar refractivity (Wildman–Crippen MR) is 87.1 cm³/mol. The third-order valence-electron chi connectivity index (χ3n) is 2.99. The van der Waals surface area contributed by atoms with E-state index in [0.29, 0.717) is 28.5 Å². The Morgan fingerprint density at radius 3 is 2.65 bits per heavy atom. The summed E-state index contributed by atoms with van der Waals surface area (Å²) in [6.45, 7) is 5.59. The van der Waals surface area contributed by atoms with Crippen LogP contribution in [0.3, 0.4) is 0 Å². The van der Waals surface area contributed by atoms with Gasteiger partial charge in [0.2, 0.25) is 0 Å². The average molecular weight is 316 g/mol. The number of rotatable bonds is 6. The second-order valence-electron chi connectivity index (χ2n) is 5.15. The highest BCUT2D eigenvalue weighted by Crippen LogP contribution is 2.28. The topological polar surface area (TPSA) is 73.1 Å². The van der Waals surface area contributed by atoms with Crippen molar-refractivity contribution in [3.63, 3.8) is 0 Å². The summed E-state index contributed by atoms with van der Waals surface area (Å²) in [6.07, 6.45) is 1.57. The van der Waals surface area contributed by atoms with Crippen LogP contribution in [-0.2, 0) is 0 Å². The Labute approximate surface area is 135 Å². The lowest BCUT2D eigenvalue weighted by Gasteiger charge is -2.14. The average Bonchev–Trinajstić information content (AvgIpc) is 3.06. The Balaban J connectivity index is 2.12. The minimum Gasteiger partial charge on any atom is -0.493 e. The SMILES string of the molecule is COc1cc(C(=O)N/N=C(\C)c2ccco2)ccc1OC(C)C. The van der Waals surface area contributed by atoms with Crippen LogP contribution in [0.1, 0.15) is 36.9 Å². The summed E-state index contributed by atoms with van der Waals surface area (Å²) in [5.41, 5.74) is 3.49. The van der Waals surface area contributed by atoms with E-state index >= 15 is 0 Å². The number of hydrogen-bond acceptors (Lipinski definition) is 5. The van der Waals surface area contributed by atoms with Crippen molar-refractivity contribution in [2.45, 2.75) is 26.9 Å². The Morgan fingerprint density at radius 2 is 2.04 bits per heavy atom. The molecule has 1 N–H and O–H groups in total. The second kappa shape index (κ2) is 7.49. The first-order valence-corrected chi connectivity index (χ1v) is 7.24. The van der Waals surface area contributed by atoms with Gasteiger partial charge in [-0.15, -0.1) is 0 Å². The molecular weight excluding hydrogens is 296 g/mol. The van der Waals surface area contributed by atoms with E-state index < -0.39 is 0 Å². The van der Waals surface area contributed by atoms with Crippen LogP contribution in [0.15, 0.2) is 46.1 Å². The number of furan rings is 1. The summed E-state index contributed by atoms with van der Waals surface area (Å²) < 4.78 is 16.1. The normalized spacial score (nSPS) is 11.4. The van der Waals surface area contributed by atoms with E-state index in [9.17, 15) is 4.79 Å². The Hall–Kier alpha value is -2.76. The van der Waals surface area contributed by atoms with Crippen LogP contribution in [0, 0.1) is 0 Å². The zero-order valence-electron chi connectivity index (χ0n) is 13.6. The molecule has 0 aliphatic heterocycles. The van der Waals surface area contributed by atoms with Crippen molar-refractivity contribution in [1.82, 2.24) is 5.43 Å². The minimum absolute atomic E-state index is 0.0177. The van der Waals surface area contributed by atoms with E-state index in [-0.39, 0.29) is 12.0 Å². The van der Waals surface area contributed by atoms with Crippen molar-refractivity contribution in [1.29, 1.82) is 0 Å². The van der Waals surface area contributed by atoms with Crippen LogP contribution in [0.2, 0.25) is 0 Å². The maximum Gasteiger partial charge on any atom is 0.271 e. The molecule has 6 nitrogen and oxygen atoms in total. The Morgan fingerprint density at radius 1 is 1.26 bits per heavy atom. The van der Waals surface area contributed by atoms with E-state index in [1.165, 1.54) is 7.11 Å². The number of ether oxygens (including phenoxy) is 2. The lowest BCUT2D eigenvalue weighted by molar-refractivity contribution is 0.0954. The number of carbonyl (C=O) groups excluding carboxylic acids is 1. The maximum atomic E-state index is 12.2. The smallest absolute Gasteiger partial charge is 0.271 e. The van der Waals surface area contributed by atoms with Crippen LogP contribution in [0.25, 0.3) is 0 Å². The maximum absolute atomic E-state index is 12.2. The largest absolute Gasteiger partial charge is 0.493 e. The molecule has 0 aliphatic carbocycles. The standard InChI is InChI=1S/C17H20N2O4/c1-11(2)23-15-8-7-13(10-16(15)21-4)17(20)19-18-12(3)14-6-5-9-22-14/h5-11H,1-4H3,(H,19,20)/b18-12+. The number of hydrogen-bond donors (Lipinski definition) is 1. The molecule has 0 radical (unpaired) electrons. The molecule has 1 amide bonds. The summed E-state index contributed by atoms with van der Waals surface area (Å²) in [5.74, 6) is 1.35. The first-order valence-electron chi connectivity index (χ1n) is 7.24. The van der Waals surface area contributed by atoms with Crippen molar-refractivity contribution in [2.75, 3.05) is 7.11 Å². The molecule has 6 heteroatoms. The number of nitrogens with zero attached hydrogens (tertiary/aromatic N) is 1. The highest BCUT2D eigenvalue weighted by molar-refractivity contribution is 5.99. The van der Waals surface area contributed by atoms with Gasteiger partial charge in [-0.05, 0) is 51.1 Å². The van der Waals surface area contributed by atoms with E-state index in [4.69, 9.17) is 13.9 Å². The first kappa shape index (κ1) is 16.6. The Bertz CT molecular complexity index is 691. The van der Waals surface area contributed by atoms with Crippen LogP contribution in [0.4, 0.5) is 0 Å². The molecule has 0 spiro atoms. The fourth-order valence-electron chi connectivity index (χ4n) is 1.90. The van der Waals surface area contributed by atoms with E-state index in [0.717, 1.165) is 0 Å². The molecule has 23 heavy (non-hydrogen) atoms. The summed E-state index contributed by atoms with van der Waals surface area (Å²) in [5, 5.41) is 4.02.